The summed E-state index contributed by atoms with van der Waals surface area (Å²) in [5.41, 5.74) is 2.57. The van der Waals surface area contributed by atoms with Gasteiger partial charge < -0.3 is 5.11 Å². The number of aryl methyl sites for hydroxylation is 1. The van der Waals surface area contributed by atoms with E-state index in [-0.39, 0.29) is 0 Å². The third kappa shape index (κ3) is 2.47. The Labute approximate surface area is 99.2 Å². The number of benzene rings is 1. The van der Waals surface area contributed by atoms with Crippen LogP contribution in [0.2, 0.25) is 0 Å². The van der Waals surface area contributed by atoms with Crippen molar-refractivity contribution in [3.05, 3.63) is 59.2 Å². The van der Waals surface area contributed by atoms with Crippen molar-refractivity contribution in [2.45, 2.75) is 13.0 Å². The number of aromatic nitrogens is 2. The van der Waals surface area contributed by atoms with Crippen LogP contribution in [0.25, 0.3) is 0 Å². The Bertz CT molecular complexity index is 540. The van der Waals surface area contributed by atoms with E-state index in [4.69, 9.17) is 5.26 Å². The average Bonchev–Trinajstić information content (AvgIpc) is 2.39. The minimum atomic E-state index is -0.809. The molecule has 84 valence electrons. The van der Waals surface area contributed by atoms with Gasteiger partial charge in [0.25, 0.3) is 0 Å². The lowest BCUT2D eigenvalue weighted by atomic mass is 10.1. The van der Waals surface area contributed by atoms with Crippen LogP contribution in [-0.2, 0) is 0 Å². The molecule has 17 heavy (non-hydrogen) atoms. The molecule has 0 amide bonds. The minimum absolute atomic E-state index is 0.500. The molecule has 4 nitrogen and oxygen atoms in total. The molecule has 2 aromatic rings. The molecule has 0 saturated heterocycles. The summed E-state index contributed by atoms with van der Waals surface area (Å²) in [5.74, 6) is 0. The van der Waals surface area contributed by atoms with E-state index < -0.39 is 6.10 Å². The molecule has 0 radical (unpaired) electrons. The van der Waals surface area contributed by atoms with Gasteiger partial charge in [-0.2, -0.15) is 5.26 Å². The van der Waals surface area contributed by atoms with Gasteiger partial charge >= 0.3 is 0 Å². The fourth-order valence-corrected chi connectivity index (χ4v) is 1.45. The standard InChI is InChI=1S/C13H11N3O/c1-9-7-16-12(8-15-9)13(17)11-4-2-10(6-14)3-5-11/h2-5,7-8,13,17H,1H3/t13-/m0/s1. The van der Waals surface area contributed by atoms with Gasteiger partial charge in [0.2, 0.25) is 0 Å². The van der Waals surface area contributed by atoms with Crippen LogP contribution in [0.4, 0.5) is 0 Å². The topological polar surface area (TPSA) is 69.8 Å². The number of rotatable bonds is 2. The molecule has 0 fully saturated rings. The van der Waals surface area contributed by atoms with Gasteiger partial charge in [0.05, 0.1) is 29.2 Å². The molecule has 1 aromatic carbocycles. The molecule has 0 aliphatic carbocycles. The molecule has 0 bridgehead atoms. The SMILES string of the molecule is Cc1cnc([C@@H](O)c2ccc(C#N)cc2)cn1. The second-order valence-corrected chi connectivity index (χ2v) is 3.72. The van der Waals surface area contributed by atoms with Crippen molar-refractivity contribution in [2.24, 2.45) is 0 Å². The zero-order chi connectivity index (χ0) is 12.3. The normalized spacial score (nSPS) is 11.8. The van der Waals surface area contributed by atoms with Crippen molar-refractivity contribution >= 4 is 0 Å². The summed E-state index contributed by atoms with van der Waals surface area (Å²) in [6.45, 7) is 1.84. The molecule has 0 unspecified atom stereocenters. The molecule has 1 aromatic heterocycles. The highest BCUT2D eigenvalue weighted by Gasteiger charge is 2.11. The van der Waals surface area contributed by atoms with Crippen LogP contribution in [0.15, 0.2) is 36.7 Å². The van der Waals surface area contributed by atoms with Crippen LogP contribution in [0, 0.1) is 18.3 Å². The van der Waals surface area contributed by atoms with Gasteiger partial charge in [-0.25, -0.2) is 0 Å². The number of aliphatic hydroxyl groups is 1. The van der Waals surface area contributed by atoms with Gasteiger partial charge in [-0.3, -0.25) is 9.97 Å². The Hall–Kier alpha value is -2.25. The number of hydrogen-bond donors (Lipinski definition) is 1. The van der Waals surface area contributed by atoms with E-state index in [2.05, 4.69) is 9.97 Å². The molecule has 4 heteroatoms. The fourth-order valence-electron chi connectivity index (χ4n) is 1.45. The molecule has 0 spiro atoms. The predicted octanol–water partition coefficient (Wildman–Crippen LogP) is 1.74. The van der Waals surface area contributed by atoms with E-state index in [1.807, 2.05) is 13.0 Å². The van der Waals surface area contributed by atoms with E-state index >= 15 is 0 Å². The predicted molar refractivity (Wildman–Crippen MR) is 62.0 cm³/mol. The quantitative estimate of drug-likeness (QED) is 0.845. The van der Waals surface area contributed by atoms with Gasteiger partial charge in [-0.1, -0.05) is 12.1 Å². The molecule has 0 saturated carbocycles. The van der Waals surface area contributed by atoms with E-state index in [1.54, 1.807) is 36.7 Å². The van der Waals surface area contributed by atoms with Crippen LogP contribution in [0.3, 0.4) is 0 Å². The number of nitrogens with zero attached hydrogens (tertiary/aromatic N) is 3. The van der Waals surface area contributed by atoms with Crippen LogP contribution >= 0.6 is 0 Å². The van der Waals surface area contributed by atoms with Crippen LogP contribution in [0.1, 0.15) is 28.6 Å². The van der Waals surface area contributed by atoms with Gasteiger partial charge in [-0.15, -0.1) is 0 Å². The Morgan fingerprint density at radius 2 is 1.88 bits per heavy atom. The van der Waals surface area contributed by atoms with Crippen LogP contribution < -0.4 is 0 Å². The highest BCUT2D eigenvalue weighted by Crippen LogP contribution is 2.19. The minimum Gasteiger partial charge on any atom is -0.382 e. The molecular weight excluding hydrogens is 214 g/mol. The second kappa shape index (κ2) is 4.73. The third-order valence-corrected chi connectivity index (χ3v) is 2.44. The van der Waals surface area contributed by atoms with Crippen molar-refractivity contribution in [2.75, 3.05) is 0 Å². The molecule has 1 N–H and O–H groups in total. The van der Waals surface area contributed by atoms with Crippen molar-refractivity contribution in [3.63, 3.8) is 0 Å². The third-order valence-electron chi connectivity index (χ3n) is 2.44. The Morgan fingerprint density at radius 1 is 1.18 bits per heavy atom. The summed E-state index contributed by atoms with van der Waals surface area (Å²) in [4.78, 5) is 8.20. The lowest BCUT2D eigenvalue weighted by Gasteiger charge is -2.09. The monoisotopic (exact) mass is 225 g/mol. The largest absolute Gasteiger partial charge is 0.382 e. The molecule has 2 rings (SSSR count). The first kappa shape index (κ1) is 11.2. The fraction of sp³-hybridized carbons (Fsp3) is 0.154. The average molecular weight is 225 g/mol. The van der Waals surface area contributed by atoms with Gasteiger partial charge in [-0.05, 0) is 24.6 Å². The number of nitriles is 1. The lowest BCUT2D eigenvalue weighted by Crippen LogP contribution is -2.03. The summed E-state index contributed by atoms with van der Waals surface area (Å²) < 4.78 is 0. The summed E-state index contributed by atoms with van der Waals surface area (Å²) in [6, 6.07) is 8.79. The maximum Gasteiger partial charge on any atom is 0.123 e. The Morgan fingerprint density at radius 3 is 2.41 bits per heavy atom. The van der Waals surface area contributed by atoms with E-state index in [0.717, 1.165) is 5.69 Å². The van der Waals surface area contributed by atoms with Crippen LogP contribution in [-0.4, -0.2) is 15.1 Å². The summed E-state index contributed by atoms with van der Waals surface area (Å²) in [6.07, 6.45) is 2.36. The summed E-state index contributed by atoms with van der Waals surface area (Å²) >= 11 is 0. The molecule has 0 aliphatic heterocycles. The molecule has 1 atom stereocenters. The summed E-state index contributed by atoms with van der Waals surface area (Å²) in [7, 11) is 0. The zero-order valence-corrected chi connectivity index (χ0v) is 9.33. The summed E-state index contributed by atoms with van der Waals surface area (Å²) in [5, 5.41) is 18.7. The first-order valence-electron chi connectivity index (χ1n) is 5.17. The maximum absolute atomic E-state index is 10.1. The van der Waals surface area contributed by atoms with E-state index in [1.165, 1.54) is 0 Å². The molecular formula is C13H11N3O. The van der Waals surface area contributed by atoms with Crippen molar-refractivity contribution < 1.29 is 5.11 Å². The smallest absolute Gasteiger partial charge is 0.123 e. The Balaban J connectivity index is 2.27. The lowest BCUT2D eigenvalue weighted by molar-refractivity contribution is 0.215. The van der Waals surface area contributed by atoms with Gasteiger partial charge in [0.1, 0.15) is 6.10 Å². The molecule has 1 heterocycles. The van der Waals surface area contributed by atoms with Gasteiger partial charge in [0.15, 0.2) is 0 Å². The van der Waals surface area contributed by atoms with Crippen molar-refractivity contribution in [1.82, 2.24) is 9.97 Å². The van der Waals surface area contributed by atoms with Gasteiger partial charge in [0, 0.05) is 6.20 Å². The number of hydrogen-bond acceptors (Lipinski definition) is 4. The second-order valence-electron chi connectivity index (χ2n) is 3.72. The van der Waals surface area contributed by atoms with Crippen molar-refractivity contribution in [1.29, 1.82) is 5.26 Å². The van der Waals surface area contributed by atoms with E-state index in [9.17, 15) is 5.11 Å². The van der Waals surface area contributed by atoms with Crippen molar-refractivity contribution in [3.8, 4) is 6.07 Å². The number of aliphatic hydroxyl groups excluding tert-OH is 1. The zero-order valence-electron chi connectivity index (χ0n) is 9.33. The maximum atomic E-state index is 10.1. The van der Waals surface area contributed by atoms with Crippen LogP contribution in [0.5, 0.6) is 0 Å². The highest BCUT2D eigenvalue weighted by molar-refractivity contribution is 5.34. The molecule has 0 aliphatic rings. The Kier molecular flexibility index (Phi) is 3.12. The highest BCUT2D eigenvalue weighted by atomic mass is 16.3. The van der Waals surface area contributed by atoms with E-state index in [0.29, 0.717) is 16.8 Å². The first-order valence-corrected chi connectivity index (χ1v) is 5.17. The first-order chi connectivity index (χ1) is 8.20.